The van der Waals surface area contributed by atoms with Gasteiger partial charge in [-0.1, -0.05) is 0 Å². The van der Waals surface area contributed by atoms with Gasteiger partial charge in [0.2, 0.25) is 5.91 Å². The fourth-order valence-corrected chi connectivity index (χ4v) is 2.88. The van der Waals surface area contributed by atoms with Crippen LogP contribution in [0.3, 0.4) is 0 Å². The van der Waals surface area contributed by atoms with Gasteiger partial charge in [-0.15, -0.1) is 0 Å². The van der Waals surface area contributed by atoms with Gasteiger partial charge in [-0.2, -0.15) is 0 Å². The number of amides is 1. The zero-order valence-corrected chi connectivity index (χ0v) is 13.8. The molecule has 7 heteroatoms. The van der Waals surface area contributed by atoms with Gasteiger partial charge in [-0.25, -0.2) is 13.8 Å². The van der Waals surface area contributed by atoms with Crippen molar-refractivity contribution in [1.82, 2.24) is 14.4 Å². The number of carbonyl (C=O) groups is 1. The number of aromatic nitrogens is 3. The van der Waals surface area contributed by atoms with E-state index in [-0.39, 0.29) is 18.1 Å². The molecule has 25 heavy (non-hydrogen) atoms. The number of nitrogens with one attached hydrogen (secondary N) is 1. The largest absolute Gasteiger partial charge is 0.309 e. The second-order valence-electron chi connectivity index (χ2n) is 6.33. The first-order valence-electron chi connectivity index (χ1n) is 8.00. The molecule has 1 N–H and O–H groups in total. The van der Waals surface area contributed by atoms with Crippen molar-refractivity contribution >= 4 is 17.4 Å². The number of rotatable bonds is 3. The topological polar surface area (TPSA) is 59.3 Å². The van der Waals surface area contributed by atoms with E-state index >= 15 is 0 Å². The predicted molar refractivity (Wildman–Crippen MR) is 89.5 cm³/mol. The van der Waals surface area contributed by atoms with Crippen LogP contribution in [0.5, 0.6) is 0 Å². The standard InChI is InChI=1S/C18H16F2N4O/c1-9-13(6-21-7-15(9)20)11-3-4-16-22-17(10(2)24(16)8-11)23-18(25)12-5-14(12)19/h3-4,6-8,12,14H,5H2,1-2H3,(H,23,25)/t12-,14?/m1/s1. The number of carbonyl (C=O) groups excluding carboxylic acids is 1. The lowest BCUT2D eigenvalue weighted by Crippen LogP contribution is -2.16. The highest BCUT2D eigenvalue weighted by Crippen LogP contribution is 2.35. The molecule has 0 bridgehead atoms. The maximum absolute atomic E-state index is 13.8. The van der Waals surface area contributed by atoms with Crippen LogP contribution in [0, 0.1) is 25.6 Å². The highest BCUT2D eigenvalue weighted by Gasteiger charge is 2.44. The smallest absolute Gasteiger partial charge is 0.231 e. The van der Waals surface area contributed by atoms with E-state index in [1.165, 1.54) is 6.20 Å². The summed E-state index contributed by atoms with van der Waals surface area (Å²) in [7, 11) is 0. The number of hydrogen-bond donors (Lipinski definition) is 1. The second-order valence-corrected chi connectivity index (χ2v) is 6.33. The Morgan fingerprint density at radius 3 is 2.80 bits per heavy atom. The van der Waals surface area contributed by atoms with E-state index < -0.39 is 12.1 Å². The molecule has 2 atom stereocenters. The summed E-state index contributed by atoms with van der Waals surface area (Å²) >= 11 is 0. The molecular weight excluding hydrogens is 326 g/mol. The summed E-state index contributed by atoms with van der Waals surface area (Å²) in [6.07, 6.45) is 3.85. The van der Waals surface area contributed by atoms with E-state index in [1.54, 1.807) is 19.2 Å². The molecular formula is C18H16F2N4O. The molecule has 128 valence electrons. The number of hydrogen-bond acceptors (Lipinski definition) is 3. The third-order valence-electron chi connectivity index (χ3n) is 4.61. The normalized spacial score (nSPS) is 19.2. The molecule has 0 aliphatic heterocycles. The van der Waals surface area contributed by atoms with Gasteiger partial charge in [0.25, 0.3) is 0 Å². The van der Waals surface area contributed by atoms with Crippen LogP contribution in [-0.2, 0) is 4.79 Å². The number of alkyl halides is 1. The van der Waals surface area contributed by atoms with Crippen LogP contribution < -0.4 is 5.32 Å². The second kappa shape index (κ2) is 5.61. The first kappa shape index (κ1) is 15.7. The fourth-order valence-electron chi connectivity index (χ4n) is 2.88. The first-order valence-corrected chi connectivity index (χ1v) is 8.00. The van der Waals surface area contributed by atoms with Crippen LogP contribution in [0.25, 0.3) is 16.8 Å². The maximum Gasteiger partial charge on any atom is 0.231 e. The zero-order chi connectivity index (χ0) is 17.7. The molecule has 3 heterocycles. The van der Waals surface area contributed by atoms with Crippen LogP contribution in [0.15, 0.2) is 30.7 Å². The Morgan fingerprint density at radius 1 is 1.32 bits per heavy atom. The Hall–Kier alpha value is -2.83. The fraction of sp³-hybridized carbons (Fsp3) is 0.278. The minimum Gasteiger partial charge on any atom is -0.309 e. The lowest BCUT2D eigenvalue weighted by atomic mass is 10.0. The SMILES string of the molecule is Cc1c(F)cncc1-c1ccc2nc(NC(=O)[C@@H]3CC3F)c(C)n2c1. The first-order chi connectivity index (χ1) is 12.0. The molecule has 1 aliphatic rings. The summed E-state index contributed by atoms with van der Waals surface area (Å²) in [6.45, 7) is 3.52. The van der Waals surface area contributed by atoms with Gasteiger partial charge in [-0.05, 0) is 38.0 Å². The summed E-state index contributed by atoms with van der Waals surface area (Å²) in [6, 6.07) is 3.62. The average molecular weight is 342 g/mol. The average Bonchev–Trinajstić information content (AvgIpc) is 3.25. The highest BCUT2D eigenvalue weighted by atomic mass is 19.1. The van der Waals surface area contributed by atoms with Gasteiger partial charge in [0, 0.05) is 23.5 Å². The summed E-state index contributed by atoms with van der Waals surface area (Å²) in [5, 5.41) is 2.69. The molecule has 0 radical (unpaired) electrons. The Balaban J connectivity index is 1.72. The molecule has 1 amide bonds. The molecule has 0 saturated heterocycles. The Labute approximate surface area is 142 Å². The lowest BCUT2D eigenvalue weighted by Gasteiger charge is -2.07. The number of anilines is 1. The molecule has 1 fully saturated rings. The quantitative estimate of drug-likeness (QED) is 0.793. The van der Waals surface area contributed by atoms with Gasteiger partial charge in [0.05, 0.1) is 17.8 Å². The van der Waals surface area contributed by atoms with Crippen LogP contribution >= 0.6 is 0 Å². The van der Waals surface area contributed by atoms with Crippen molar-refractivity contribution in [2.75, 3.05) is 5.32 Å². The van der Waals surface area contributed by atoms with Crippen molar-refractivity contribution in [2.24, 2.45) is 5.92 Å². The van der Waals surface area contributed by atoms with Crippen LogP contribution in [0.2, 0.25) is 0 Å². The third kappa shape index (κ3) is 2.65. The molecule has 1 unspecified atom stereocenters. The predicted octanol–water partition coefficient (Wildman–Crippen LogP) is 3.45. The van der Waals surface area contributed by atoms with Crippen molar-refractivity contribution in [3.05, 3.63) is 47.8 Å². The molecule has 1 saturated carbocycles. The lowest BCUT2D eigenvalue weighted by molar-refractivity contribution is -0.117. The van der Waals surface area contributed by atoms with Gasteiger partial charge in [0.1, 0.15) is 17.6 Å². The van der Waals surface area contributed by atoms with Crippen LogP contribution in [-0.4, -0.2) is 26.4 Å². The number of aryl methyl sites for hydroxylation is 1. The molecule has 5 nitrogen and oxygen atoms in total. The molecule has 3 aromatic heterocycles. The monoisotopic (exact) mass is 342 g/mol. The van der Waals surface area contributed by atoms with Gasteiger partial charge < -0.3 is 9.72 Å². The van der Waals surface area contributed by atoms with E-state index in [0.29, 0.717) is 22.6 Å². The summed E-state index contributed by atoms with van der Waals surface area (Å²) in [5.41, 5.74) is 3.37. The number of fused-ring (bicyclic) bond motifs is 1. The van der Waals surface area contributed by atoms with E-state index in [2.05, 4.69) is 15.3 Å². The maximum atomic E-state index is 13.8. The van der Waals surface area contributed by atoms with E-state index in [0.717, 1.165) is 11.3 Å². The van der Waals surface area contributed by atoms with E-state index in [1.807, 2.05) is 23.6 Å². The number of halogens is 2. The van der Waals surface area contributed by atoms with Crippen molar-refractivity contribution < 1.29 is 13.6 Å². The summed E-state index contributed by atoms with van der Waals surface area (Å²) in [5.74, 6) is -0.862. The Bertz CT molecular complexity index is 998. The van der Waals surface area contributed by atoms with Crippen LogP contribution in [0.1, 0.15) is 17.7 Å². The molecule has 3 aromatic rings. The van der Waals surface area contributed by atoms with E-state index in [4.69, 9.17) is 0 Å². The van der Waals surface area contributed by atoms with Gasteiger partial charge >= 0.3 is 0 Å². The number of pyridine rings is 2. The van der Waals surface area contributed by atoms with Crippen molar-refractivity contribution in [3.63, 3.8) is 0 Å². The Kier molecular flexibility index (Phi) is 3.52. The number of imidazole rings is 1. The molecule has 0 aromatic carbocycles. The Morgan fingerprint density at radius 2 is 2.08 bits per heavy atom. The molecule has 1 aliphatic carbocycles. The van der Waals surface area contributed by atoms with E-state index in [9.17, 15) is 13.6 Å². The third-order valence-corrected chi connectivity index (χ3v) is 4.61. The highest BCUT2D eigenvalue weighted by molar-refractivity contribution is 5.94. The van der Waals surface area contributed by atoms with Crippen molar-refractivity contribution in [1.29, 1.82) is 0 Å². The van der Waals surface area contributed by atoms with Crippen molar-refractivity contribution in [3.8, 4) is 11.1 Å². The van der Waals surface area contributed by atoms with Crippen LogP contribution in [0.4, 0.5) is 14.6 Å². The van der Waals surface area contributed by atoms with Gasteiger partial charge in [-0.3, -0.25) is 9.78 Å². The molecule has 4 rings (SSSR count). The summed E-state index contributed by atoms with van der Waals surface area (Å²) in [4.78, 5) is 20.2. The zero-order valence-electron chi connectivity index (χ0n) is 13.8. The number of nitrogens with zero attached hydrogens (tertiary/aromatic N) is 3. The molecule has 0 spiro atoms. The minimum atomic E-state index is -1.05. The minimum absolute atomic E-state index is 0.272. The van der Waals surface area contributed by atoms with Crippen molar-refractivity contribution in [2.45, 2.75) is 26.4 Å². The van der Waals surface area contributed by atoms with Gasteiger partial charge in [0.15, 0.2) is 5.82 Å². The summed E-state index contributed by atoms with van der Waals surface area (Å²) < 4.78 is 28.6.